The predicted molar refractivity (Wildman–Crippen MR) is 91.1 cm³/mol. The third-order valence-corrected chi connectivity index (χ3v) is 5.86. The van der Waals surface area contributed by atoms with E-state index in [9.17, 15) is 4.79 Å². The summed E-state index contributed by atoms with van der Waals surface area (Å²) >= 11 is 4.77. The van der Waals surface area contributed by atoms with Gasteiger partial charge >= 0.3 is 0 Å². The van der Waals surface area contributed by atoms with Crippen molar-refractivity contribution in [3.05, 3.63) is 44.3 Å². The van der Waals surface area contributed by atoms with Crippen molar-refractivity contribution < 1.29 is 4.79 Å². The lowest BCUT2D eigenvalue weighted by Crippen LogP contribution is -2.21. The van der Waals surface area contributed by atoms with Gasteiger partial charge in [0.2, 0.25) is 0 Å². The van der Waals surface area contributed by atoms with E-state index in [0.29, 0.717) is 13.1 Å². The summed E-state index contributed by atoms with van der Waals surface area (Å²) in [7, 11) is 0. The number of rotatable bonds is 3. The van der Waals surface area contributed by atoms with Crippen molar-refractivity contribution in [2.24, 2.45) is 5.73 Å². The minimum absolute atomic E-state index is 0.0328. The van der Waals surface area contributed by atoms with Crippen LogP contribution in [0, 0.1) is 11.8 Å². The number of hydrogen-bond acceptors (Lipinski definition) is 5. The van der Waals surface area contributed by atoms with Gasteiger partial charge in [-0.3, -0.25) is 4.79 Å². The molecule has 0 fully saturated rings. The molecule has 106 valence electrons. The SMILES string of the molecule is NCC#Cc1ccsc1CNC(=O)c1cc2sccc2s1. The van der Waals surface area contributed by atoms with E-state index in [2.05, 4.69) is 17.2 Å². The molecule has 0 aliphatic rings. The van der Waals surface area contributed by atoms with Gasteiger partial charge in [0.05, 0.1) is 18.0 Å². The second-order valence-electron chi connectivity index (χ2n) is 4.21. The van der Waals surface area contributed by atoms with Gasteiger partial charge in [-0.25, -0.2) is 0 Å². The Bertz CT molecular complexity index is 803. The molecule has 3 rings (SSSR count). The van der Waals surface area contributed by atoms with Crippen LogP contribution in [0.4, 0.5) is 0 Å². The van der Waals surface area contributed by atoms with E-state index in [4.69, 9.17) is 5.73 Å². The van der Waals surface area contributed by atoms with Crippen molar-refractivity contribution in [1.29, 1.82) is 0 Å². The first-order valence-corrected chi connectivity index (χ1v) is 8.86. The van der Waals surface area contributed by atoms with Crippen LogP contribution in [0.1, 0.15) is 20.1 Å². The summed E-state index contributed by atoms with van der Waals surface area (Å²) in [6, 6.07) is 5.95. The quantitative estimate of drug-likeness (QED) is 0.723. The molecule has 0 atom stereocenters. The Morgan fingerprint density at radius 1 is 1.24 bits per heavy atom. The second-order valence-corrected chi connectivity index (χ2v) is 7.24. The summed E-state index contributed by atoms with van der Waals surface area (Å²) < 4.78 is 2.33. The summed E-state index contributed by atoms with van der Waals surface area (Å²) in [5, 5.41) is 6.97. The summed E-state index contributed by atoms with van der Waals surface area (Å²) in [5.41, 5.74) is 6.32. The van der Waals surface area contributed by atoms with Gasteiger partial charge in [-0.15, -0.1) is 34.0 Å². The number of carbonyl (C=O) groups excluding carboxylic acids is 1. The molecule has 3 nitrogen and oxygen atoms in total. The molecule has 3 heterocycles. The van der Waals surface area contributed by atoms with Gasteiger partial charge in [-0.05, 0) is 29.0 Å². The molecule has 0 radical (unpaired) electrons. The van der Waals surface area contributed by atoms with Crippen LogP contribution in [0.5, 0.6) is 0 Å². The maximum Gasteiger partial charge on any atom is 0.261 e. The summed E-state index contributed by atoms with van der Waals surface area (Å²) in [5.74, 6) is 5.83. The highest BCUT2D eigenvalue weighted by molar-refractivity contribution is 7.27. The Hall–Kier alpha value is -1.65. The number of nitrogens with one attached hydrogen (secondary N) is 1. The van der Waals surface area contributed by atoms with Gasteiger partial charge in [-0.2, -0.15) is 0 Å². The van der Waals surface area contributed by atoms with Gasteiger partial charge in [-0.1, -0.05) is 11.8 Å². The van der Waals surface area contributed by atoms with Crippen LogP contribution in [-0.4, -0.2) is 12.5 Å². The zero-order chi connectivity index (χ0) is 14.7. The minimum atomic E-state index is -0.0328. The van der Waals surface area contributed by atoms with Crippen molar-refractivity contribution in [3.63, 3.8) is 0 Å². The fourth-order valence-electron chi connectivity index (χ4n) is 1.86. The molecule has 3 aromatic rings. The Labute approximate surface area is 134 Å². The lowest BCUT2D eigenvalue weighted by atomic mass is 10.2. The smallest absolute Gasteiger partial charge is 0.261 e. The van der Waals surface area contributed by atoms with Crippen LogP contribution in [0.2, 0.25) is 0 Å². The lowest BCUT2D eigenvalue weighted by Gasteiger charge is -2.02. The van der Waals surface area contributed by atoms with Crippen LogP contribution in [-0.2, 0) is 6.54 Å². The molecule has 0 bridgehead atoms. The van der Waals surface area contributed by atoms with Crippen LogP contribution in [0.15, 0.2) is 29.0 Å². The molecule has 0 saturated heterocycles. The van der Waals surface area contributed by atoms with Crippen molar-refractivity contribution in [2.45, 2.75) is 6.54 Å². The summed E-state index contributed by atoms with van der Waals surface area (Å²) in [4.78, 5) is 14.0. The average Bonchev–Trinajstić information content (AvgIpc) is 3.17. The predicted octanol–water partition coefficient (Wildman–Crippen LogP) is 3.26. The normalized spacial score (nSPS) is 10.3. The van der Waals surface area contributed by atoms with E-state index < -0.39 is 0 Å². The largest absolute Gasteiger partial charge is 0.346 e. The van der Waals surface area contributed by atoms with Crippen LogP contribution < -0.4 is 11.1 Å². The van der Waals surface area contributed by atoms with E-state index in [1.54, 1.807) is 22.7 Å². The molecule has 0 aromatic carbocycles. The molecule has 0 unspecified atom stereocenters. The standard InChI is InChI=1S/C15H12N2OS3/c16-5-1-2-10-3-6-20-14(10)9-17-15(18)13-8-12-11(21-13)4-7-19-12/h3-4,6-8H,5,9,16H2,(H,17,18). The third kappa shape index (κ3) is 3.17. The molecule has 3 N–H and O–H groups in total. The molecule has 0 saturated carbocycles. The zero-order valence-electron chi connectivity index (χ0n) is 11.0. The molecule has 0 spiro atoms. The minimum Gasteiger partial charge on any atom is -0.346 e. The molecule has 0 aliphatic heterocycles. The Morgan fingerprint density at radius 3 is 2.90 bits per heavy atom. The van der Waals surface area contributed by atoms with Gasteiger partial charge in [0.15, 0.2) is 0 Å². The first-order chi connectivity index (χ1) is 10.3. The highest BCUT2D eigenvalue weighted by atomic mass is 32.1. The highest BCUT2D eigenvalue weighted by Crippen LogP contribution is 2.29. The average molecular weight is 332 g/mol. The van der Waals surface area contributed by atoms with Crippen LogP contribution in [0.25, 0.3) is 9.40 Å². The van der Waals surface area contributed by atoms with Gasteiger partial charge < -0.3 is 11.1 Å². The van der Waals surface area contributed by atoms with Crippen molar-refractivity contribution in [3.8, 4) is 11.8 Å². The van der Waals surface area contributed by atoms with E-state index in [1.807, 2.05) is 29.0 Å². The van der Waals surface area contributed by atoms with Crippen LogP contribution >= 0.6 is 34.0 Å². The topological polar surface area (TPSA) is 55.1 Å². The highest BCUT2D eigenvalue weighted by Gasteiger charge is 2.11. The number of thiophene rings is 3. The lowest BCUT2D eigenvalue weighted by molar-refractivity contribution is 0.0955. The number of fused-ring (bicyclic) bond motifs is 1. The van der Waals surface area contributed by atoms with E-state index >= 15 is 0 Å². The van der Waals surface area contributed by atoms with Crippen LogP contribution in [0.3, 0.4) is 0 Å². The summed E-state index contributed by atoms with van der Waals surface area (Å²) in [6.45, 7) is 0.838. The Kier molecular flexibility index (Phi) is 4.36. The first kappa shape index (κ1) is 14.3. The Balaban J connectivity index is 1.68. The van der Waals surface area contributed by atoms with Crippen molar-refractivity contribution in [2.75, 3.05) is 6.54 Å². The molecule has 1 amide bonds. The number of carbonyl (C=O) groups is 1. The number of amides is 1. The molecule has 6 heteroatoms. The van der Waals surface area contributed by atoms with Gasteiger partial charge in [0.25, 0.3) is 5.91 Å². The molecule has 3 aromatic heterocycles. The van der Waals surface area contributed by atoms with Gasteiger partial charge in [0, 0.05) is 19.8 Å². The summed E-state index contributed by atoms with van der Waals surface area (Å²) in [6.07, 6.45) is 0. The van der Waals surface area contributed by atoms with Crippen molar-refractivity contribution in [1.82, 2.24) is 5.32 Å². The Morgan fingerprint density at radius 2 is 2.10 bits per heavy atom. The molecular formula is C15H12N2OS3. The zero-order valence-corrected chi connectivity index (χ0v) is 13.5. The fourth-order valence-corrected chi connectivity index (χ4v) is 4.66. The second kappa shape index (κ2) is 6.41. The van der Waals surface area contributed by atoms with E-state index in [0.717, 1.165) is 24.7 Å². The van der Waals surface area contributed by atoms with Gasteiger partial charge in [0.1, 0.15) is 0 Å². The van der Waals surface area contributed by atoms with E-state index in [1.165, 1.54) is 11.3 Å². The first-order valence-electron chi connectivity index (χ1n) is 6.28. The van der Waals surface area contributed by atoms with E-state index in [-0.39, 0.29) is 5.91 Å². The third-order valence-electron chi connectivity index (χ3n) is 2.84. The maximum absolute atomic E-state index is 12.2. The molecular weight excluding hydrogens is 320 g/mol. The molecule has 0 aliphatic carbocycles. The van der Waals surface area contributed by atoms with Crippen molar-refractivity contribution >= 4 is 49.3 Å². The number of nitrogens with two attached hydrogens (primary N) is 1. The maximum atomic E-state index is 12.2. The fraction of sp³-hybridized carbons (Fsp3) is 0.133. The monoisotopic (exact) mass is 332 g/mol. The number of hydrogen-bond donors (Lipinski definition) is 2. The molecule has 21 heavy (non-hydrogen) atoms.